The van der Waals surface area contributed by atoms with Crippen molar-refractivity contribution in [3.8, 4) is 0 Å². The highest BCUT2D eigenvalue weighted by atomic mass is 16.2. The molecule has 0 bridgehead atoms. The van der Waals surface area contributed by atoms with Crippen molar-refractivity contribution in [1.29, 1.82) is 0 Å². The van der Waals surface area contributed by atoms with E-state index in [1.807, 2.05) is 25.1 Å². The summed E-state index contributed by atoms with van der Waals surface area (Å²) in [6, 6.07) is 5.72. The highest BCUT2D eigenvalue weighted by Crippen LogP contribution is 2.09. The minimum Gasteiger partial charge on any atom is -0.351 e. The first-order chi connectivity index (χ1) is 11.7. The molecule has 1 N–H and O–H groups in total. The van der Waals surface area contributed by atoms with Crippen molar-refractivity contribution in [3.05, 3.63) is 48.0 Å². The summed E-state index contributed by atoms with van der Waals surface area (Å²) < 4.78 is 0. The zero-order valence-corrected chi connectivity index (χ0v) is 13.9. The lowest BCUT2D eigenvalue weighted by atomic mass is 10.2. The maximum atomic E-state index is 12.1. The zero-order valence-electron chi connectivity index (χ0n) is 13.9. The number of aryl methyl sites for hydroxylation is 1. The Balaban J connectivity index is 1.42. The summed E-state index contributed by atoms with van der Waals surface area (Å²) in [5, 5.41) is 2.97. The normalized spacial score (nSPS) is 15.3. The number of piperazine rings is 1. The molecule has 0 unspecified atom stereocenters. The second kappa shape index (κ2) is 7.83. The molecule has 7 nitrogen and oxygen atoms in total. The summed E-state index contributed by atoms with van der Waals surface area (Å²) in [5.41, 5.74) is 2.03. The average molecular weight is 326 g/mol. The molecule has 1 saturated heterocycles. The fourth-order valence-electron chi connectivity index (χ4n) is 2.73. The monoisotopic (exact) mass is 326 g/mol. The first-order valence-corrected chi connectivity index (χ1v) is 8.13. The van der Waals surface area contributed by atoms with Crippen LogP contribution in [-0.4, -0.2) is 58.5 Å². The van der Waals surface area contributed by atoms with Gasteiger partial charge in [-0.2, -0.15) is 0 Å². The Kier molecular flexibility index (Phi) is 5.32. The fourth-order valence-corrected chi connectivity index (χ4v) is 2.73. The van der Waals surface area contributed by atoms with Crippen LogP contribution < -0.4 is 10.2 Å². The van der Waals surface area contributed by atoms with Gasteiger partial charge in [-0.1, -0.05) is 0 Å². The molecule has 24 heavy (non-hydrogen) atoms. The lowest BCUT2D eigenvalue weighted by molar-refractivity contribution is -0.122. The Labute approximate surface area is 141 Å². The predicted octanol–water partition coefficient (Wildman–Crippen LogP) is 0.618. The van der Waals surface area contributed by atoms with E-state index >= 15 is 0 Å². The smallest absolute Gasteiger partial charge is 0.234 e. The van der Waals surface area contributed by atoms with E-state index < -0.39 is 0 Å². The molecule has 3 rings (SSSR count). The lowest BCUT2D eigenvalue weighted by Crippen LogP contribution is -2.49. The van der Waals surface area contributed by atoms with Crippen LogP contribution in [0.5, 0.6) is 0 Å². The standard InChI is InChI=1S/C17H22N6O/c1-14-11-15(3-6-18-14)12-21-16(24)13-22-7-9-23(10-8-22)17-19-4-2-5-20-17/h2-6,11H,7-10,12-13H2,1H3,(H,21,24). The van der Waals surface area contributed by atoms with Gasteiger partial charge >= 0.3 is 0 Å². The molecular formula is C17H22N6O. The van der Waals surface area contributed by atoms with Crippen LogP contribution in [0.25, 0.3) is 0 Å². The van der Waals surface area contributed by atoms with Crippen LogP contribution in [0.2, 0.25) is 0 Å². The van der Waals surface area contributed by atoms with Gasteiger partial charge in [-0.3, -0.25) is 14.7 Å². The molecule has 126 valence electrons. The average Bonchev–Trinajstić information content (AvgIpc) is 2.61. The van der Waals surface area contributed by atoms with Crippen LogP contribution >= 0.6 is 0 Å². The summed E-state index contributed by atoms with van der Waals surface area (Å²) in [6.07, 6.45) is 5.27. The van der Waals surface area contributed by atoms with Crippen LogP contribution in [0, 0.1) is 6.92 Å². The van der Waals surface area contributed by atoms with E-state index in [9.17, 15) is 4.79 Å². The Morgan fingerprint density at radius 1 is 1.12 bits per heavy atom. The zero-order chi connectivity index (χ0) is 16.8. The first-order valence-electron chi connectivity index (χ1n) is 8.13. The number of anilines is 1. The SMILES string of the molecule is Cc1cc(CNC(=O)CN2CCN(c3ncccn3)CC2)ccn1. The number of rotatable bonds is 5. The molecule has 1 aliphatic rings. The molecular weight excluding hydrogens is 304 g/mol. The number of carbonyl (C=O) groups is 1. The van der Waals surface area contributed by atoms with Gasteiger partial charge in [-0.25, -0.2) is 9.97 Å². The Morgan fingerprint density at radius 2 is 1.88 bits per heavy atom. The molecule has 0 saturated carbocycles. The largest absolute Gasteiger partial charge is 0.351 e. The van der Waals surface area contributed by atoms with E-state index in [1.54, 1.807) is 18.6 Å². The summed E-state index contributed by atoms with van der Waals surface area (Å²) in [7, 11) is 0. The molecule has 0 aromatic carbocycles. The molecule has 3 heterocycles. The van der Waals surface area contributed by atoms with Crippen molar-refractivity contribution in [1.82, 2.24) is 25.2 Å². The molecule has 1 aliphatic heterocycles. The highest BCUT2D eigenvalue weighted by Gasteiger charge is 2.20. The van der Waals surface area contributed by atoms with Gasteiger partial charge in [0, 0.05) is 57.0 Å². The number of hydrogen-bond donors (Lipinski definition) is 1. The number of aromatic nitrogens is 3. The van der Waals surface area contributed by atoms with Crippen molar-refractivity contribution < 1.29 is 4.79 Å². The molecule has 2 aromatic rings. The van der Waals surface area contributed by atoms with Crippen LogP contribution in [0.3, 0.4) is 0 Å². The van der Waals surface area contributed by atoms with Gasteiger partial charge in [-0.05, 0) is 30.7 Å². The lowest BCUT2D eigenvalue weighted by Gasteiger charge is -2.34. The quantitative estimate of drug-likeness (QED) is 0.868. The Bertz CT molecular complexity index is 670. The maximum Gasteiger partial charge on any atom is 0.234 e. The molecule has 0 aliphatic carbocycles. The molecule has 1 fully saturated rings. The van der Waals surface area contributed by atoms with Crippen LogP contribution in [0.15, 0.2) is 36.8 Å². The molecule has 0 spiro atoms. The summed E-state index contributed by atoms with van der Waals surface area (Å²) >= 11 is 0. The predicted molar refractivity (Wildman–Crippen MR) is 91.5 cm³/mol. The van der Waals surface area contributed by atoms with Gasteiger partial charge in [0.15, 0.2) is 0 Å². The van der Waals surface area contributed by atoms with E-state index in [4.69, 9.17) is 0 Å². The highest BCUT2D eigenvalue weighted by molar-refractivity contribution is 5.78. The third-order valence-electron chi connectivity index (χ3n) is 4.03. The molecule has 0 radical (unpaired) electrons. The number of nitrogens with zero attached hydrogens (tertiary/aromatic N) is 5. The molecule has 1 amide bonds. The third kappa shape index (κ3) is 4.48. The second-order valence-electron chi connectivity index (χ2n) is 5.89. The van der Waals surface area contributed by atoms with Crippen molar-refractivity contribution in [2.45, 2.75) is 13.5 Å². The van der Waals surface area contributed by atoms with Crippen LogP contribution in [-0.2, 0) is 11.3 Å². The first kappa shape index (κ1) is 16.3. The summed E-state index contributed by atoms with van der Waals surface area (Å²) in [4.78, 5) is 29.1. The molecule has 7 heteroatoms. The molecule has 2 aromatic heterocycles. The fraction of sp³-hybridized carbons (Fsp3) is 0.412. The van der Waals surface area contributed by atoms with E-state index in [0.29, 0.717) is 13.1 Å². The van der Waals surface area contributed by atoms with Gasteiger partial charge < -0.3 is 10.2 Å². The van der Waals surface area contributed by atoms with Gasteiger partial charge in [0.1, 0.15) is 0 Å². The van der Waals surface area contributed by atoms with E-state index in [0.717, 1.165) is 43.4 Å². The second-order valence-corrected chi connectivity index (χ2v) is 5.89. The number of hydrogen-bond acceptors (Lipinski definition) is 6. The number of nitrogens with one attached hydrogen (secondary N) is 1. The van der Waals surface area contributed by atoms with Gasteiger partial charge in [0.25, 0.3) is 0 Å². The van der Waals surface area contributed by atoms with Crippen LogP contribution in [0.4, 0.5) is 5.95 Å². The van der Waals surface area contributed by atoms with Crippen molar-refractivity contribution in [2.24, 2.45) is 0 Å². The van der Waals surface area contributed by atoms with E-state index in [2.05, 4.69) is 30.1 Å². The number of carbonyl (C=O) groups excluding carboxylic acids is 1. The topological polar surface area (TPSA) is 74.2 Å². The summed E-state index contributed by atoms with van der Waals surface area (Å²) in [5.74, 6) is 0.809. The minimum atomic E-state index is 0.0499. The van der Waals surface area contributed by atoms with Crippen molar-refractivity contribution in [3.63, 3.8) is 0 Å². The molecule has 0 atom stereocenters. The minimum absolute atomic E-state index is 0.0499. The van der Waals surface area contributed by atoms with E-state index in [1.165, 1.54) is 0 Å². The van der Waals surface area contributed by atoms with Crippen LogP contribution in [0.1, 0.15) is 11.3 Å². The summed E-state index contributed by atoms with van der Waals surface area (Å²) in [6.45, 7) is 6.25. The Hall–Kier alpha value is -2.54. The van der Waals surface area contributed by atoms with Gasteiger partial charge in [-0.15, -0.1) is 0 Å². The third-order valence-corrected chi connectivity index (χ3v) is 4.03. The van der Waals surface area contributed by atoms with Gasteiger partial charge in [0.05, 0.1) is 6.54 Å². The number of amides is 1. The van der Waals surface area contributed by atoms with Gasteiger partial charge in [0.2, 0.25) is 11.9 Å². The number of pyridine rings is 1. The van der Waals surface area contributed by atoms with E-state index in [-0.39, 0.29) is 5.91 Å². The Morgan fingerprint density at radius 3 is 2.58 bits per heavy atom. The maximum absolute atomic E-state index is 12.1. The van der Waals surface area contributed by atoms with Crippen molar-refractivity contribution in [2.75, 3.05) is 37.6 Å². The van der Waals surface area contributed by atoms with Crippen molar-refractivity contribution >= 4 is 11.9 Å².